The molecule has 1 aliphatic heterocycles. The predicted molar refractivity (Wildman–Crippen MR) is 78.4 cm³/mol. The average Bonchev–Trinajstić information content (AvgIpc) is 2.46. The number of para-hydroxylation sites is 1. The summed E-state index contributed by atoms with van der Waals surface area (Å²) in [5, 5.41) is 0. The number of carbonyl (C=O) groups is 1. The van der Waals surface area contributed by atoms with Crippen LogP contribution >= 0.6 is 0 Å². The van der Waals surface area contributed by atoms with Crippen LogP contribution in [0, 0.1) is 5.92 Å². The number of piperidine rings is 1. The van der Waals surface area contributed by atoms with Crippen LogP contribution in [0.2, 0.25) is 0 Å². The van der Waals surface area contributed by atoms with E-state index < -0.39 is 21.5 Å². The van der Waals surface area contributed by atoms with E-state index >= 15 is 0 Å². The standard InChI is InChI=1S/C14H18F2N2O3S/c15-14(16)22(20,21)12-6-2-1-5-11(12)18-7-3-4-10(9-18)8-13(17)19/h1-2,5-6,10,14H,3-4,7-9H2,(H2,17,19). The molecular weight excluding hydrogens is 314 g/mol. The van der Waals surface area contributed by atoms with E-state index in [-0.39, 0.29) is 22.9 Å². The number of hydrogen-bond donors (Lipinski definition) is 1. The zero-order valence-corrected chi connectivity index (χ0v) is 12.7. The second-order valence-corrected chi connectivity index (χ2v) is 7.28. The fraction of sp³-hybridized carbons (Fsp3) is 0.500. The zero-order chi connectivity index (χ0) is 16.3. The largest absolute Gasteiger partial charge is 0.370 e. The number of nitrogens with zero attached hydrogens (tertiary/aromatic N) is 1. The molecular formula is C14H18F2N2O3S. The summed E-state index contributed by atoms with van der Waals surface area (Å²) in [4.78, 5) is 12.4. The van der Waals surface area contributed by atoms with Gasteiger partial charge in [-0.05, 0) is 30.9 Å². The van der Waals surface area contributed by atoms with Gasteiger partial charge >= 0.3 is 5.76 Å². The van der Waals surface area contributed by atoms with Crippen LogP contribution in [-0.4, -0.2) is 33.2 Å². The van der Waals surface area contributed by atoms with Crippen LogP contribution < -0.4 is 10.6 Å². The first-order valence-corrected chi connectivity index (χ1v) is 8.51. The van der Waals surface area contributed by atoms with Crippen molar-refractivity contribution in [3.63, 3.8) is 0 Å². The Morgan fingerprint density at radius 1 is 1.36 bits per heavy atom. The van der Waals surface area contributed by atoms with E-state index in [1.54, 1.807) is 11.0 Å². The Kier molecular flexibility index (Phi) is 5.00. The fourth-order valence-corrected chi connectivity index (χ4v) is 3.74. The van der Waals surface area contributed by atoms with Crippen LogP contribution in [0.25, 0.3) is 0 Å². The summed E-state index contributed by atoms with van der Waals surface area (Å²) in [5.41, 5.74) is 5.45. The van der Waals surface area contributed by atoms with Crippen molar-refractivity contribution in [2.24, 2.45) is 11.7 Å². The average molecular weight is 332 g/mol. The topological polar surface area (TPSA) is 80.5 Å². The lowest BCUT2D eigenvalue weighted by Gasteiger charge is -2.35. The molecule has 22 heavy (non-hydrogen) atoms. The molecule has 1 aromatic carbocycles. The number of alkyl halides is 2. The van der Waals surface area contributed by atoms with Crippen molar-refractivity contribution in [1.82, 2.24) is 0 Å². The van der Waals surface area contributed by atoms with Gasteiger partial charge in [-0.1, -0.05) is 12.1 Å². The smallest absolute Gasteiger partial charge is 0.341 e. The molecule has 2 rings (SSSR count). The zero-order valence-electron chi connectivity index (χ0n) is 11.9. The van der Waals surface area contributed by atoms with Gasteiger partial charge in [0.05, 0.1) is 10.6 Å². The van der Waals surface area contributed by atoms with Crippen molar-refractivity contribution in [2.75, 3.05) is 18.0 Å². The number of hydrogen-bond acceptors (Lipinski definition) is 4. The number of benzene rings is 1. The van der Waals surface area contributed by atoms with E-state index in [0.29, 0.717) is 13.1 Å². The van der Waals surface area contributed by atoms with Gasteiger partial charge in [-0.25, -0.2) is 8.42 Å². The van der Waals surface area contributed by atoms with Gasteiger partial charge in [-0.15, -0.1) is 0 Å². The monoisotopic (exact) mass is 332 g/mol. The van der Waals surface area contributed by atoms with Crippen LogP contribution in [0.1, 0.15) is 19.3 Å². The number of halogens is 2. The minimum atomic E-state index is -4.66. The molecule has 1 saturated heterocycles. The molecule has 5 nitrogen and oxygen atoms in total. The third-order valence-electron chi connectivity index (χ3n) is 3.76. The van der Waals surface area contributed by atoms with Gasteiger partial charge in [0.15, 0.2) is 0 Å². The third-order valence-corrected chi connectivity index (χ3v) is 5.18. The van der Waals surface area contributed by atoms with Crippen LogP contribution in [-0.2, 0) is 14.6 Å². The predicted octanol–water partition coefficient (Wildman–Crippen LogP) is 1.77. The second-order valence-electron chi connectivity index (χ2n) is 5.40. The van der Waals surface area contributed by atoms with E-state index in [1.165, 1.54) is 18.2 Å². The lowest BCUT2D eigenvalue weighted by Crippen LogP contribution is -2.38. The molecule has 0 aliphatic carbocycles. The third kappa shape index (κ3) is 3.55. The summed E-state index contributed by atoms with van der Waals surface area (Å²) >= 11 is 0. The van der Waals surface area contributed by atoms with Crippen molar-refractivity contribution >= 4 is 21.4 Å². The summed E-state index contributed by atoms with van der Waals surface area (Å²) < 4.78 is 49.3. The van der Waals surface area contributed by atoms with Crippen molar-refractivity contribution in [3.8, 4) is 0 Å². The van der Waals surface area contributed by atoms with Gasteiger partial charge < -0.3 is 10.6 Å². The first kappa shape index (κ1) is 16.7. The molecule has 0 saturated carbocycles. The first-order valence-electron chi connectivity index (χ1n) is 6.96. The van der Waals surface area contributed by atoms with Crippen molar-refractivity contribution in [3.05, 3.63) is 24.3 Å². The molecule has 1 fully saturated rings. The number of rotatable bonds is 5. The fourth-order valence-electron chi connectivity index (χ4n) is 2.79. The molecule has 122 valence electrons. The number of amides is 1. The summed E-state index contributed by atoms with van der Waals surface area (Å²) in [5.74, 6) is -3.87. The maximum atomic E-state index is 12.8. The molecule has 0 bridgehead atoms. The summed E-state index contributed by atoms with van der Waals surface area (Å²) in [6.45, 7) is 0.990. The molecule has 0 spiro atoms. The Bertz CT molecular complexity index is 649. The lowest BCUT2D eigenvalue weighted by molar-refractivity contribution is -0.118. The molecule has 8 heteroatoms. The van der Waals surface area contributed by atoms with Crippen LogP contribution in [0.3, 0.4) is 0 Å². The molecule has 0 radical (unpaired) electrons. The number of nitrogens with two attached hydrogens (primary N) is 1. The number of sulfone groups is 1. The van der Waals surface area contributed by atoms with Gasteiger partial charge in [0.1, 0.15) is 0 Å². The van der Waals surface area contributed by atoms with Gasteiger partial charge in [0, 0.05) is 19.5 Å². The number of carbonyl (C=O) groups excluding carboxylic acids is 1. The summed E-state index contributed by atoms with van der Waals surface area (Å²) in [6, 6.07) is 5.73. The molecule has 1 aromatic rings. The molecule has 1 aliphatic rings. The van der Waals surface area contributed by atoms with E-state index in [4.69, 9.17) is 5.73 Å². The molecule has 1 amide bonds. The molecule has 1 atom stereocenters. The second kappa shape index (κ2) is 6.60. The van der Waals surface area contributed by atoms with Crippen molar-refractivity contribution in [1.29, 1.82) is 0 Å². The first-order chi connectivity index (χ1) is 10.3. The Labute approximate surface area is 128 Å². The van der Waals surface area contributed by atoms with E-state index in [9.17, 15) is 22.0 Å². The quantitative estimate of drug-likeness (QED) is 0.891. The van der Waals surface area contributed by atoms with Gasteiger partial charge in [-0.3, -0.25) is 4.79 Å². The van der Waals surface area contributed by atoms with Gasteiger partial charge in [-0.2, -0.15) is 8.78 Å². The highest BCUT2D eigenvalue weighted by Gasteiger charge is 2.32. The van der Waals surface area contributed by atoms with E-state index in [1.807, 2.05) is 0 Å². The minimum Gasteiger partial charge on any atom is -0.370 e. The lowest BCUT2D eigenvalue weighted by atomic mass is 9.94. The van der Waals surface area contributed by atoms with Crippen molar-refractivity contribution < 1.29 is 22.0 Å². The highest BCUT2D eigenvalue weighted by Crippen LogP contribution is 2.32. The highest BCUT2D eigenvalue weighted by atomic mass is 32.2. The molecule has 2 N–H and O–H groups in total. The SMILES string of the molecule is NC(=O)CC1CCCN(c2ccccc2S(=O)(=O)C(F)F)C1. The Hall–Kier alpha value is -1.70. The van der Waals surface area contributed by atoms with Crippen molar-refractivity contribution in [2.45, 2.75) is 29.9 Å². The van der Waals surface area contributed by atoms with E-state index in [2.05, 4.69) is 0 Å². The van der Waals surface area contributed by atoms with Gasteiger partial charge in [0.2, 0.25) is 15.7 Å². The van der Waals surface area contributed by atoms with Crippen LogP contribution in [0.4, 0.5) is 14.5 Å². The number of anilines is 1. The van der Waals surface area contributed by atoms with E-state index in [0.717, 1.165) is 12.8 Å². The minimum absolute atomic E-state index is 0.00793. The maximum absolute atomic E-state index is 12.8. The Morgan fingerprint density at radius 2 is 2.05 bits per heavy atom. The highest BCUT2D eigenvalue weighted by molar-refractivity contribution is 7.91. The normalized spacial score (nSPS) is 19.4. The Morgan fingerprint density at radius 3 is 2.68 bits per heavy atom. The number of primary amides is 1. The summed E-state index contributed by atoms with van der Waals surface area (Å²) in [7, 11) is -4.66. The molecule has 1 heterocycles. The Balaban J connectivity index is 2.31. The van der Waals surface area contributed by atoms with Gasteiger partial charge in [0.25, 0.3) is 0 Å². The van der Waals surface area contributed by atoms with Crippen LogP contribution in [0.5, 0.6) is 0 Å². The summed E-state index contributed by atoms with van der Waals surface area (Å²) in [6.07, 6.45) is 1.77. The van der Waals surface area contributed by atoms with Crippen LogP contribution in [0.15, 0.2) is 29.2 Å². The molecule has 1 unspecified atom stereocenters. The maximum Gasteiger partial charge on any atom is 0.341 e. The molecule has 0 aromatic heterocycles.